The highest BCUT2D eigenvalue weighted by molar-refractivity contribution is 5.91. The number of likely N-dealkylation sites (tertiary alicyclic amines) is 1. The fourth-order valence-corrected chi connectivity index (χ4v) is 3.89. The molecule has 2 aromatic rings. The number of anilines is 1. The van der Waals surface area contributed by atoms with Gasteiger partial charge in [0, 0.05) is 30.9 Å². The molecule has 182 valence electrons. The first-order valence-electron chi connectivity index (χ1n) is 11.4. The second kappa shape index (κ2) is 10.8. The van der Waals surface area contributed by atoms with Gasteiger partial charge in [-0.2, -0.15) is 0 Å². The van der Waals surface area contributed by atoms with E-state index in [-0.39, 0.29) is 12.1 Å². The van der Waals surface area contributed by atoms with E-state index >= 15 is 0 Å². The lowest BCUT2D eigenvalue weighted by atomic mass is 10.1. The maximum Gasteiger partial charge on any atom is 0.407 e. The van der Waals surface area contributed by atoms with E-state index in [9.17, 15) is 9.59 Å². The summed E-state index contributed by atoms with van der Waals surface area (Å²) in [7, 11) is 0. The van der Waals surface area contributed by atoms with E-state index in [4.69, 9.17) is 14.6 Å². The molecule has 1 saturated heterocycles. The average molecular weight is 477 g/mol. The number of carboxylic acid groups (broad SMARTS) is 1. The summed E-state index contributed by atoms with van der Waals surface area (Å²) >= 11 is 0. The summed E-state index contributed by atoms with van der Waals surface area (Å²) in [5, 5.41) is 12.0. The predicted molar refractivity (Wildman–Crippen MR) is 132 cm³/mol. The molecular weight excluding hydrogens is 448 g/mol. The molecule has 0 aliphatic carbocycles. The Kier molecular flexibility index (Phi) is 7.35. The summed E-state index contributed by atoms with van der Waals surface area (Å²) in [5.41, 5.74) is 2.87. The summed E-state index contributed by atoms with van der Waals surface area (Å²) in [4.78, 5) is 31.3. The van der Waals surface area contributed by atoms with Crippen LogP contribution in [0.3, 0.4) is 0 Å². The Bertz CT molecular complexity index is 1140. The third-order valence-electron chi connectivity index (χ3n) is 5.81. The molecular formula is C26H28N4O5. The third kappa shape index (κ3) is 6.00. The molecule has 9 nitrogen and oxygen atoms in total. The number of allylic oxidation sites excluding steroid dienone is 4. The molecule has 4 rings (SSSR count). The van der Waals surface area contributed by atoms with Crippen LogP contribution < -0.4 is 10.1 Å². The highest BCUT2D eigenvalue weighted by atomic mass is 16.5. The van der Waals surface area contributed by atoms with Gasteiger partial charge in [0.25, 0.3) is 0 Å². The van der Waals surface area contributed by atoms with E-state index in [2.05, 4.69) is 16.9 Å². The third-order valence-corrected chi connectivity index (χ3v) is 5.81. The van der Waals surface area contributed by atoms with Gasteiger partial charge in [0.15, 0.2) is 0 Å². The van der Waals surface area contributed by atoms with Crippen LogP contribution in [0.25, 0.3) is 5.57 Å². The maximum absolute atomic E-state index is 12.9. The number of hydrogen-bond acceptors (Lipinski definition) is 5. The Morgan fingerprint density at radius 2 is 2.03 bits per heavy atom. The number of hydrogen-bond donors (Lipinski definition) is 2. The number of pyridine rings is 1. The molecule has 1 fully saturated rings. The Morgan fingerprint density at radius 3 is 2.71 bits per heavy atom. The van der Waals surface area contributed by atoms with Crippen LogP contribution in [-0.2, 0) is 4.74 Å². The Balaban J connectivity index is 1.39. The molecule has 0 saturated carbocycles. The Labute approximate surface area is 204 Å². The van der Waals surface area contributed by atoms with Crippen molar-refractivity contribution < 1.29 is 24.2 Å². The lowest BCUT2D eigenvalue weighted by Crippen LogP contribution is -2.39. The molecule has 3 heterocycles. The van der Waals surface area contributed by atoms with E-state index in [0.717, 1.165) is 11.3 Å². The van der Waals surface area contributed by atoms with Crippen molar-refractivity contribution in [1.29, 1.82) is 0 Å². The molecule has 2 aliphatic rings. The van der Waals surface area contributed by atoms with Gasteiger partial charge in [-0.15, -0.1) is 0 Å². The maximum atomic E-state index is 12.9. The quantitative estimate of drug-likeness (QED) is 0.592. The van der Waals surface area contributed by atoms with Gasteiger partial charge in [-0.3, -0.25) is 4.90 Å². The van der Waals surface area contributed by atoms with Crippen LogP contribution in [0.15, 0.2) is 78.8 Å². The normalized spacial score (nSPS) is 17.9. The lowest BCUT2D eigenvalue weighted by Gasteiger charge is -2.30. The van der Waals surface area contributed by atoms with Crippen LogP contribution in [0.4, 0.5) is 15.3 Å². The number of rotatable bonds is 6. The van der Waals surface area contributed by atoms with Crippen molar-refractivity contribution in [3.8, 4) is 5.88 Å². The topological polar surface area (TPSA) is 104 Å². The number of carbonyl (C=O) groups excluding carboxylic acids is 1. The van der Waals surface area contributed by atoms with E-state index in [0.29, 0.717) is 55.6 Å². The minimum atomic E-state index is -0.938. The molecule has 2 N–H and O–H groups in total. The Hall–Kier alpha value is -4.27. The van der Waals surface area contributed by atoms with Gasteiger partial charge in [0.05, 0.1) is 18.8 Å². The summed E-state index contributed by atoms with van der Waals surface area (Å²) in [6, 6.07) is 12.6. The standard InChI is InChI=1S/C26H28N4O5/c1-18(20-9-11-24(27-16-20)35-22-12-13-29(17-22)26(32)33)8-10-23-19(2)34-15-14-30(23)25(31)28-21-6-4-3-5-7-21/h3-11,16,22H,1,12-15,17H2,2H3,(H,28,31)(H,32,33). The van der Waals surface area contributed by atoms with Gasteiger partial charge in [-0.25, -0.2) is 14.6 Å². The lowest BCUT2D eigenvalue weighted by molar-refractivity contribution is 0.144. The van der Waals surface area contributed by atoms with Gasteiger partial charge in [-0.05, 0) is 42.3 Å². The van der Waals surface area contributed by atoms with Crippen molar-refractivity contribution in [2.75, 3.05) is 31.6 Å². The largest absolute Gasteiger partial charge is 0.494 e. The van der Waals surface area contributed by atoms with Crippen molar-refractivity contribution in [2.24, 2.45) is 0 Å². The van der Waals surface area contributed by atoms with E-state index in [1.165, 1.54) is 4.90 Å². The number of benzene rings is 1. The molecule has 1 unspecified atom stereocenters. The van der Waals surface area contributed by atoms with E-state index in [1.807, 2.05) is 55.5 Å². The van der Waals surface area contributed by atoms with E-state index < -0.39 is 6.09 Å². The van der Waals surface area contributed by atoms with Crippen LogP contribution in [-0.4, -0.2) is 64.4 Å². The molecule has 3 amide bonds. The zero-order chi connectivity index (χ0) is 24.8. The van der Waals surface area contributed by atoms with Gasteiger partial charge in [0.1, 0.15) is 18.5 Å². The molecule has 0 radical (unpaired) electrons. The highest BCUT2D eigenvalue weighted by Crippen LogP contribution is 2.23. The van der Waals surface area contributed by atoms with Crippen LogP contribution in [0, 0.1) is 0 Å². The van der Waals surface area contributed by atoms with Gasteiger partial charge in [-0.1, -0.05) is 30.9 Å². The number of nitrogens with zero attached hydrogens (tertiary/aromatic N) is 3. The van der Waals surface area contributed by atoms with Gasteiger partial charge in [0.2, 0.25) is 5.88 Å². The van der Waals surface area contributed by atoms with Crippen LogP contribution in [0.2, 0.25) is 0 Å². The monoisotopic (exact) mass is 476 g/mol. The first-order valence-corrected chi connectivity index (χ1v) is 11.4. The molecule has 2 aliphatic heterocycles. The van der Waals surface area contributed by atoms with Crippen LogP contribution in [0.1, 0.15) is 18.9 Å². The minimum Gasteiger partial charge on any atom is -0.494 e. The molecule has 0 bridgehead atoms. The molecule has 0 spiro atoms. The van der Waals surface area contributed by atoms with Crippen molar-refractivity contribution in [1.82, 2.24) is 14.8 Å². The number of para-hydroxylation sites is 1. The molecule has 35 heavy (non-hydrogen) atoms. The van der Waals surface area contributed by atoms with Crippen LogP contribution in [0.5, 0.6) is 5.88 Å². The average Bonchev–Trinajstić information content (AvgIpc) is 3.33. The SMILES string of the molecule is C=C(C=CC1=C(C)OCCN1C(=O)Nc1ccccc1)c1ccc(OC2CCN(C(=O)O)C2)nc1. The summed E-state index contributed by atoms with van der Waals surface area (Å²) in [5.74, 6) is 1.09. The van der Waals surface area contributed by atoms with Crippen molar-refractivity contribution in [3.63, 3.8) is 0 Å². The number of ether oxygens (including phenoxy) is 2. The number of nitrogens with one attached hydrogen (secondary N) is 1. The first kappa shape index (κ1) is 23.9. The summed E-state index contributed by atoms with van der Waals surface area (Å²) in [6.07, 6.45) is 4.77. The fourth-order valence-electron chi connectivity index (χ4n) is 3.89. The molecule has 1 aromatic carbocycles. The van der Waals surface area contributed by atoms with E-state index in [1.54, 1.807) is 17.2 Å². The zero-order valence-corrected chi connectivity index (χ0v) is 19.5. The van der Waals surface area contributed by atoms with Gasteiger partial charge >= 0.3 is 12.1 Å². The molecule has 9 heteroatoms. The summed E-state index contributed by atoms with van der Waals surface area (Å²) in [6.45, 7) is 7.57. The second-order valence-corrected chi connectivity index (χ2v) is 8.24. The number of carbonyl (C=O) groups is 2. The Morgan fingerprint density at radius 1 is 1.23 bits per heavy atom. The predicted octanol–water partition coefficient (Wildman–Crippen LogP) is 4.58. The van der Waals surface area contributed by atoms with Crippen molar-refractivity contribution in [2.45, 2.75) is 19.4 Å². The smallest absolute Gasteiger partial charge is 0.407 e. The number of amides is 3. The van der Waals surface area contributed by atoms with Crippen molar-refractivity contribution >= 4 is 23.4 Å². The minimum absolute atomic E-state index is 0.207. The summed E-state index contributed by atoms with van der Waals surface area (Å²) < 4.78 is 11.5. The first-order chi connectivity index (χ1) is 16.9. The second-order valence-electron chi connectivity index (χ2n) is 8.24. The van der Waals surface area contributed by atoms with Crippen LogP contribution >= 0.6 is 0 Å². The zero-order valence-electron chi connectivity index (χ0n) is 19.5. The van der Waals surface area contributed by atoms with Crippen molar-refractivity contribution in [3.05, 3.63) is 84.4 Å². The number of aromatic nitrogens is 1. The molecule has 1 atom stereocenters. The highest BCUT2D eigenvalue weighted by Gasteiger charge is 2.27. The molecule has 1 aromatic heterocycles. The number of urea groups is 1. The van der Waals surface area contributed by atoms with Gasteiger partial charge < -0.3 is 24.8 Å². The fraction of sp³-hybridized carbons (Fsp3) is 0.269.